The van der Waals surface area contributed by atoms with Crippen molar-refractivity contribution in [3.05, 3.63) is 81.9 Å². The Morgan fingerprint density at radius 3 is 2.13 bits per heavy atom. The van der Waals surface area contributed by atoms with Gasteiger partial charge in [-0.1, -0.05) is 103 Å². The second-order valence-electron chi connectivity index (χ2n) is 16.5. The number of H-pyrrole nitrogens is 1. The highest BCUT2D eigenvalue weighted by molar-refractivity contribution is 7.99. The smallest absolute Gasteiger partial charge is 0.0497 e. The van der Waals surface area contributed by atoms with Crippen LogP contribution in [0, 0.1) is 5.92 Å². The average Bonchev–Trinajstić information content (AvgIpc) is 3.51. The second-order valence-corrected chi connectivity index (χ2v) is 17.9. The van der Waals surface area contributed by atoms with Crippen molar-refractivity contribution in [2.75, 3.05) is 11.5 Å². The number of hydrogen-bond acceptors (Lipinski definition) is 1. The number of benzene rings is 6. The minimum absolute atomic E-state index is 0.693. The van der Waals surface area contributed by atoms with Gasteiger partial charge in [-0.2, -0.15) is 11.8 Å². The molecule has 52 heavy (non-hydrogen) atoms. The monoisotopic (exact) mass is 707 g/mol. The number of nitrogens with one attached hydrogen (secondary N) is 1. The molecule has 1 heterocycles. The van der Waals surface area contributed by atoms with Crippen LogP contribution in [0.5, 0.6) is 0 Å². The van der Waals surface area contributed by atoms with Crippen LogP contribution >= 0.6 is 11.8 Å². The molecule has 2 heteroatoms. The Kier molecular flexibility index (Phi) is 10.8. The Labute approximate surface area is 317 Å². The van der Waals surface area contributed by atoms with Crippen molar-refractivity contribution < 1.29 is 0 Å². The van der Waals surface area contributed by atoms with Gasteiger partial charge in [0.2, 0.25) is 0 Å². The summed E-state index contributed by atoms with van der Waals surface area (Å²) < 4.78 is 0. The summed E-state index contributed by atoms with van der Waals surface area (Å²) in [5.41, 5.74) is 12.2. The van der Waals surface area contributed by atoms with Crippen molar-refractivity contribution in [2.45, 2.75) is 137 Å². The van der Waals surface area contributed by atoms with Gasteiger partial charge in [0.25, 0.3) is 0 Å². The molecule has 1 nitrogen and oxygen atoms in total. The standard InChI is InChI=1S/C50H61NS/c1-6-10-12-13-14-18-34-27-43-37(20-11-7-2)42-25-32(5)24-35-21-22-38-39-30-41-45-29-33(19-15-16-23-52-9-4)26-36(17-8-3)50(45)51-46(41)31-40(39)44(28-34)48(43)49(38)47(35)42/h21-22,26-32,51H,6-20,23-25H2,1-5H3. The van der Waals surface area contributed by atoms with Gasteiger partial charge in [0, 0.05) is 21.8 Å². The fourth-order valence-corrected chi connectivity index (χ4v) is 10.7. The summed E-state index contributed by atoms with van der Waals surface area (Å²) in [4.78, 5) is 4.02. The Hall–Kier alpha value is -3.23. The molecule has 1 aliphatic rings. The minimum atomic E-state index is 0.693. The van der Waals surface area contributed by atoms with E-state index in [1.165, 1.54) is 162 Å². The van der Waals surface area contributed by atoms with Gasteiger partial charge < -0.3 is 4.98 Å². The van der Waals surface area contributed by atoms with E-state index in [2.05, 4.69) is 99.9 Å². The van der Waals surface area contributed by atoms with E-state index < -0.39 is 0 Å². The van der Waals surface area contributed by atoms with Crippen molar-refractivity contribution in [1.82, 2.24) is 4.98 Å². The highest BCUT2D eigenvalue weighted by Crippen LogP contribution is 2.49. The molecule has 6 aromatic carbocycles. The zero-order valence-corrected chi connectivity index (χ0v) is 33.6. The lowest BCUT2D eigenvalue weighted by molar-refractivity contribution is 0.566. The van der Waals surface area contributed by atoms with Crippen LogP contribution in [-0.2, 0) is 38.5 Å². The number of hydrogen-bond donors (Lipinski definition) is 1. The summed E-state index contributed by atoms with van der Waals surface area (Å²) >= 11 is 2.08. The molecule has 0 amide bonds. The lowest BCUT2D eigenvalue weighted by atomic mass is 9.75. The van der Waals surface area contributed by atoms with Crippen LogP contribution < -0.4 is 0 Å². The maximum absolute atomic E-state index is 4.02. The molecular formula is C50H61NS. The van der Waals surface area contributed by atoms with Crippen molar-refractivity contribution in [3.8, 4) is 0 Å². The normalized spacial score (nSPS) is 14.8. The molecule has 0 fully saturated rings. The molecule has 0 saturated carbocycles. The first-order chi connectivity index (χ1) is 25.5. The molecule has 272 valence electrons. The predicted octanol–water partition coefficient (Wildman–Crippen LogP) is 15.0. The van der Waals surface area contributed by atoms with Crippen LogP contribution in [0.3, 0.4) is 0 Å². The van der Waals surface area contributed by atoms with E-state index in [1.807, 2.05) is 0 Å². The molecule has 0 aliphatic heterocycles. The zero-order valence-electron chi connectivity index (χ0n) is 32.8. The van der Waals surface area contributed by atoms with Gasteiger partial charge >= 0.3 is 0 Å². The fourth-order valence-electron chi connectivity index (χ4n) is 10.0. The van der Waals surface area contributed by atoms with Gasteiger partial charge in [0.1, 0.15) is 0 Å². The van der Waals surface area contributed by atoms with E-state index in [0.29, 0.717) is 5.92 Å². The summed E-state index contributed by atoms with van der Waals surface area (Å²) in [6.07, 6.45) is 20.0. The van der Waals surface area contributed by atoms with Crippen molar-refractivity contribution >= 4 is 76.7 Å². The third-order valence-corrected chi connectivity index (χ3v) is 13.5. The Morgan fingerprint density at radius 1 is 0.577 bits per heavy atom. The largest absolute Gasteiger partial charge is 0.354 e. The van der Waals surface area contributed by atoms with E-state index in [1.54, 1.807) is 43.8 Å². The predicted molar refractivity (Wildman–Crippen MR) is 235 cm³/mol. The van der Waals surface area contributed by atoms with Crippen LogP contribution in [-0.4, -0.2) is 16.5 Å². The van der Waals surface area contributed by atoms with Gasteiger partial charge in [-0.15, -0.1) is 0 Å². The summed E-state index contributed by atoms with van der Waals surface area (Å²) in [7, 11) is 0. The SMILES string of the molecule is CCCCCCCc1cc2c(CCCC)c3c4c(ccc5c6cc7c(cc6c(c1)c2c45)[nH]c1c(CCC)cc(CCCCSCC)cc17)CC(C)C3. The third-order valence-electron chi connectivity index (χ3n) is 12.5. The quantitative estimate of drug-likeness (QED) is 0.0566. The number of thioether (sulfide) groups is 1. The van der Waals surface area contributed by atoms with E-state index in [4.69, 9.17) is 0 Å². The van der Waals surface area contributed by atoms with Crippen molar-refractivity contribution in [1.29, 1.82) is 0 Å². The van der Waals surface area contributed by atoms with Gasteiger partial charge in [-0.3, -0.25) is 0 Å². The molecule has 1 aromatic heterocycles. The van der Waals surface area contributed by atoms with Crippen LogP contribution in [0.4, 0.5) is 0 Å². The molecule has 1 unspecified atom stereocenters. The number of aryl methyl sites for hydroxylation is 4. The first-order valence-corrected chi connectivity index (χ1v) is 22.5. The average molecular weight is 708 g/mol. The van der Waals surface area contributed by atoms with Gasteiger partial charge in [-0.05, 0) is 176 Å². The molecule has 1 aliphatic carbocycles. The summed E-state index contributed by atoms with van der Waals surface area (Å²) in [5, 5.41) is 14.9. The Morgan fingerprint density at radius 2 is 1.33 bits per heavy atom. The van der Waals surface area contributed by atoms with Crippen molar-refractivity contribution in [3.63, 3.8) is 0 Å². The molecule has 0 saturated heterocycles. The van der Waals surface area contributed by atoms with Gasteiger partial charge in [0.05, 0.1) is 0 Å². The molecule has 0 radical (unpaired) electrons. The first kappa shape index (κ1) is 35.8. The minimum Gasteiger partial charge on any atom is -0.354 e. The van der Waals surface area contributed by atoms with E-state index in [-0.39, 0.29) is 0 Å². The maximum atomic E-state index is 4.02. The molecule has 1 N–H and O–H groups in total. The Balaban J connectivity index is 1.39. The lowest BCUT2D eigenvalue weighted by Gasteiger charge is -2.29. The van der Waals surface area contributed by atoms with E-state index in [9.17, 15) is 0 Å². The number of aromatic nitrogens is 1. The lowest BCUT2D eigenvalue weighted by Crippen LogP contribution is -2.14. The van der Waals surface area contributed by atoms with Crippen LogP contribution in [0.2, 0.25) is 0 Å². The second kappa shape index (κ2) is 15.6. The highest BCUT2D eigenvalue weighted by Gasteiger charge is 2.27. The number of unbranched alkanes of at least 4 members (excludes halogenated alkanes) is 6. The molecule has 8 rings (SSSR count). The van der Waals surface area contributed by atoms with Crippen LogP contribution in [0.1, 0.15) is 132 Å². The molecular weight excluding hydrogens is 647 g/mol. The van der Waals surface area contributed by atoms with Crippen molar-refractivity contribution in [2.24, 2.45) is 5.92 Å². The summed E-state index contributed by atoms with van der Waals surface area (Å²) in [6.45, 7) is 11.8. The topological polar surface area (TPSA) is 15.8 Å². The van der Waals surface area contributed by atoms with Gasteiger partial charge in [0.15, 0.2) is 0 Å². The third kappa shape index (κ3) is 6.50. The highest BCUT2D eigenvalue weighted by atomic mass is 32.2. The Bertz CT molecular complexity index is 2360. The number of rotatable bonds is 17. The summed E-state index contributed by atoms with van der Waals surface area (Å²) in [6, 6.07) is 20.5. The number of aromatic amines is 1. The van der Waals surface area contributed by atoms with Crippen LogP contribution in [0.15, 0.2) is 48.5 Å². The van der Waals surface area contributed by atoms with Crippen LogP contribution in [0.25, 0.3) is 64.9 Å². The maximum Gasteiger partial charge on any atom is 0.0497 e. The number of fused-ring (bicyclic) bond motifs is 6. The molecule has 7 aromatic rings. The molecule has 1 atom stereocenters. The van der Waals surface area contributed by atoms with E-state index >= 15 is 0 Å². The summed E-state index contributed by atoms with van der Waals surface area (Å²) in [5.74, 6) is 3.20. The fraction of sp³-hybridized carbons (Fsp3) is 0.480. The first-order valence-electron chi connectivity index (χ1n) is 21.3. The van der Waals surface area contributed by atoms with E-state index in [0.717, 1.165) is 6.42 Å². The van der Waals surface area contributed by atoms with Gasteiger partial charge in [-0.25, -0.2) is 0 Å². The molecule has 0 spiro atoms. The molecule has 0 bridgehead atoms. The zero-order chi connectivity index (χ0) is 35.8.